The maximum Gasteiger partial charge on any atom is 0.223 e. The summed E-state index contributed by atoms with van der Waals surface area (Å²) >= 11 is 0. The first kappa shape index (κ1) is 16.5. The van der Waals surface area contributed by atoms with Crippen molar-refractivity contribution in [2.75, 3.05) is 6.54 Å². The summed E-state index contributed by atoms with van der Waals surface area (Å²) < 4.78 is 0. The van der Waals surface area contributed by atoms with Gasteiger partial charge in [0.05, 0.1) is 0 Å². The number of hydrogen-bond donors (Lipinski definition) is 2. The van der Waals surface area contributed by atoms with E-state index in [-0.39, 0.29) is 17.9 Å². The Labute approximate surface area is 118 Å². The molecular formula is C16H32N2O. The molecule has 1 rings (SSSR count). The van der Waals surface area contributed by atoms with Crippen LogP contribution in [0.25, 0.3) is 0 Å². The molecule has 3 heteroatoms. The van der Waals surface area contributed by atoms with E-state index in [0.717, 1.165) is 18.8 Å². The zero-order valence-electron chi connectivity index (χ0n) is 13.3. The van der Waals surface area contributed by atoms with Crippen LogP contribution in [0.4, 0.5) is 0 Å². The van der Waals surface area contributed by atoms with Gasteiger partial charge in [-0.05, 0) is 42.9 Å². The third-order valence-electron chi connectivity index (χ3n) is 4.69. The van der Waals surface area contributed by atoms with Crippen molar-refractivity contribution >= 4 is 5.91 Å². The zero-order chi connectivity index (χ0) is 14.6. The molecule has 1 unspecified atom stereocenters. The third-order valence-corrected chi connectivity index (χ3v) is 4.69. The molecule has 0 aromatic rings. The maximum absolute atomic E-state index is 12.1. The fourth-order valence-corrected chi connectivity index (χ4v) is 2.82. The van der Waals surface area contributed by atoms with E-state index in [2.05, 4.69) is 39.9 Å². The molecule has 1 saturated carbocycles. The van der Waals surface area contributed by atoms with Crippen LogP contribution in [0.1, 0.15) is 60.3 Å². The molecule has 112 valence electrons. The fourth-order valence-electron chi connectivity index (χ4n) is 2.82. The van der Waals surface area contributed by atoms with Crippen molar-refractivity contribution in [3.05, 3.63) is 0 Å². The molecule has 0 aliphatic heterocycles. The minimum Gasteiger partial charge on any atom is -0.354 e. The van der Waals surface area contributed by atoms with Crippen LogP contribution in [0.3, 0.4) is 0 Å². The number of carbonyl (C=O) groups excluding carboxylic acids is 1. The lowest BCUT2D eigenvalue weighted by atomic mass is 9.69. The first-order valence-corrected chi connectivity index (χ1v) is 7.75. The predicted molar refractivity (Wildman–Crippen MR) is 80.7 cm³/mol. The Morgan fingerprint density at radius 3 is 2.16 bits per heavy atom. The van der Waals surface area contributed by atoms with Gasteiger partial charge in [-0.15, -0.1) is 0 Å². The Morgan fingerprint density at radius 2 is 1.74 bits per heavy atom. The molecule has 3 N–H and O–H groups in total. The molecule has 0 heterocycles. The number of hydrogen-bond acceptors (Lipinski definition) is 2. The number of nitrogens with one attached hydrogen (secondary N) is 1. The average molecular weight is 268 g/mol. The summed E-state index contributed by atoms with van der Waals surface area (Å²) in [4.78, 5) is 12.1. The van der Waals surface area contributed by atoms with E-state index in [9.17, 15) is 4.79 Å². The van der Waals surface area contributed by atoms with Crippen LogP contribution in [0.2, 0.25) is 0 Å². The molecular weight excluding hydrogens is 236 g/mol. The van der Waals surface area contributed by atoms with Crippen molar-refractivity contribution in [2.45, 2.75) is 66.3 Å². The van der Waals surface area contributed by atoms with Gasteiger partial charge in [0.2, 0.25) is 5.91 Å². The second-order valence-electron chi connectivity index (χ2n) is 7.57. The highest BCUT2D eigenvalue weighted by molar-refractivity contribution is 5.78. The van der Waals surface area contributed by atoms with Crippen molar-refractivity contribution in [3.8, 4) is 0 Å². The quantitative estimate of drug-likeness (QED) is 0.823. The minimum absolute atomic E-state index is 0.0647. The molecule has 0 spiro atoms. The van der Waals surface area contributed by atoms with E-state index in [1.807, 2.05) is 0 Å². The molecule has 19 heavy (non-hydrogen) atoms. The summed E-state index contributed by atoms with van der Waals surface area (Å²) in [6.07, 6.45) is 4.42. The van der Waals surface area contributed by atoms with Crippen LogP contribution in [-0.2, 0) is 4.79 Å². The summed E-state index contributed by atoms with van der Waals surface area (Å²) in [6.45, 7) is 11.7. The van der Waals surface area contributed by atoms with Gasteiger partial charge in [-0.2, -0.15) is 0 Å². The number of nitrogens with two attached hydrogens (primary N) is 1. The second kappa shape index (κ2) is 6.74. The maximum atomic E-state index is 12.1. The Kier molecular flexibility index (Phi) is 5.84. The highest BCUT2D eigenvalue weighted by atomic mass is 16.1. The molecule has 0 aromatic carbocycles. The number of amides is 1. The highest BCUT2D eigenvalue weighted by Crippen LogP contribution is 2.39. The summed E-state index contributed by atoms with van der Waals surface area (Å²) in [5.41, 5.74) is 6.34. The number of rotatable bonds is 4. The van der Waals surface area contributed by atoms with E-state index < -0.39 is 0 Å². The lowest BCUT2D eigenvalue weighted by Gasteiger charge is -2.36. The van der Waals surface area contributed by atoms with Gasteiger partial charge in [0.1, 0.15) is 0 Å². The average Bonchev–Trinajstić information content (AvgIpc) is 2.34. The van der Waals surface area contributed by atoms with Crippen LogP contribution < -0.4 is 11.1 Å². The van der Waals surface area contributed by atoms with E-state index in [4.69, 9.17) is 5.73 Å². The number of carbonyl (C=O) groups is 1. The van der Waals surface area contributed by atoms with Gasteiger partial charge < -0.3 is 11.1 Å². The largest absolute Gasteiger partial charge is 0.354 e. The Hall–Kier alpha value is -0.570. The molecule has 1 atom stereocenters. The summed E-state index contributed by atoms with van der Waals surface area (Å²) in [5.74, 6) is 1.59. The van der Waals surface area contributed by atoms with Gasteiger partial charge in [-0.1, -0.05) is 34.6 Å². The zero-order valence-corrected chi connectivity index (χ0v) is 13.3. The summed E-state index contributed by atoms with van der Waals surface area (Å²) in [7, 11) is 0. The SMILES string of the molecule is CC(C)C(N)CNC(=O)C1CCC(C(C)(C)C)CC1. The van der Waals surface area contributed by atoms with E-state index in [0.29, 0.717) is 17.9 Å². The van der Waals surface area contributed by atoms with Gasteiger partial charge in [-0.3, -0.25) is 4.79 Å². The van der Waals surface area contributed by atoms with Crippen molar-refractivity contribution in [3.63, 3.8) is 0 Å². The minimum atomic E-state index is 0.0647. The van der Waals surface area contributed by atoms with Crippen molar-refractivity contribution < 1.29 is 4.79 Å². The monoisotopic (exact) mass is 268 g/mol. The molecule has 0 saturated heterocycles. The van der Waals surface area contributed by atoms with Crippen LogP contribution in [0, 0.1) is 23.2 Å². The normalized spacial score (nSPS) is 26.3. The molecule has 0 radical (unpaired) electrons. The van der Waals surface area contributed by atoms with E-state index >= 15 is 0 Å². The van der Waals surface area contributed by atoms with Gasteiger partial charge in [0.15, 0.2) is 0 Å². The topological polar surface area (TPSA) is 55.1 Å². The molecule has 3 nitrogen and oxygen atoms in total. The van der Waals surface area contributed by atoms with Crippen molar-refractivity contribution in [1.82, 2.24) is 5.32 Å². The lowest BCUT2D eigenvalue weighted by molar-refractivity contribution is -0.126. The lowest BCUT2D eigenvalue weighted by Crippen LogP contribution is -2.43. The second-order valence-corrected chi connectivity index (χ2v) is 7.57. The van der Waals surface area contributed by atoms with Crippen LogP contribution >= 0.6 is 0 Å². The van der Waals surface area contributed by atoms with Gasteiger partial charge in [-0.25, -0.2) is 0 Å². The first-order chi connectivity index (χ1) is 8.71. The molecule has 0 aromatic heterocycles. The van der Waals surface area contributed by atoms with Crippen molar-refractivity contribution in [1.29, 1.82) is 0 Å². The molecule has 1 fully saturated rings. The molecule has 1 amide bonds. The van der Waals surface area contributed by atoms with Crippen LogP contribution in [0.15, 0.2) is 0 Å². The fraction of sp³-hybridized carbons (Fsp3) is 0.938. The summed E-state index contributed by atoms with van der Waals surface area (Å²) in [5, 5.41) is 3.02. The van der Waals surface area contributed by atoms with Gasteiger partial charge in [0, 0.05) is 18.5 Å². The summed E-state index contributed by atoms with van der Waals surface area (Å²) in [6, 6.07) is 0.0647. The third kappa shape index (κ3) is 5.13. The van der Waals surface area contributed by atoms with E-state index in [1.54, 1.807) is 0 Å². The smallest absolute Gasteiger partial charge is 0.223 e. The Morgan fingerprint density at radius 1 is 1.21 bits per heavy atom. The predicted octanol–water partition coefficient (Wildman–Crippen LogP) is 2.94. The Bertz CT molecular complexity index is 286. The van der Waals surface area contributed by atoms with Gasteiger partial charge >= 0.3 is 0 Å². The first-order valence-electron chi connectivity index (χ1n) is 7.75. The molecule has 0 bridgehead atoms. The van der Waals surface area contributed by atoms with Crippen LogP contribution in [-0.4, -0.2) is 18.5 Å². The van der Waals surface area contributed by atoms with Gasteiger partial charge in [0.25, 0.3) is 0 Å². The van der Waals surface area contributed by atoms with E-state index in [1.165, 1.54) is 12.8 Å². The van der Waals surface area contributed by atoms with Crippen LogP contribution in [0.5, 0.6) is 0 Å². The van der Waals surface area contributed by atoms with Crippen molar-refractivity contribution in [2.24, 2.45) is 28.9 Å². The highest BCUT2D eigenvalue weighted by Gasteiger charge is 2.32. The molecule has 1 aliphatic carbocycles. The standard InChI is InChI=1S/C16H32N2O/c1-11(2)14(17)10-18-15(19)12-6-8-13(9-7-12)16(3,4)5/h11-14H,6-10,17H2,1-5H3,(H,18,19). The Balaban J connectivity index is 2.33. The molecule has 1 aliphatic rings.